The highest BCUT2D eigenvalue weighted by atomic mass is 16.5. The van der Waals surface area contributed by atoms with Crippen molar-refractivity contribution < 1.29 is 14.6 Å². The van der Waals surface area contributed by atoms with Gasteiger partial charge in [-0.05, 0) is 48.9 Å². The maximum atomic E-state index is 11.5. The minimum absolute atomic E-state index is 0.222. The molecule has 1 aliphatic carbocycles. The molecular formula is C13H16O3. The van der Waals surface area contributed by atoms with Gasteiger partial charge in [-0.15, -0.1) is 0 Å². The summed E-state index contributed by atoms with van der Waals surface area (Å²) in [6.45, 7) is 1.84. The second-order valence-corrected chi connectivity index (χ2v) is 4.23. The molecule has 0 heterocycles. The number of benzene rings is 1. The van der Waals surface area contributed by atoms with Gasteiger partial charge in [0, 0.05) is 0 Å². The number of phenols is 1. The van der Waals surface area contributed by atoms with Crippen LogP contribution < -0.4 is 0 Å². The van der Waals surface area contributed by atoms with Gasteiger partial charge in [-0.1, -0.05) is 6.07 Å². The lowest BCUT2D eigenvalue weighted by molar-refractivity contribution is -0.142. The third kappa shape index (κ3) is 1.66. The maximum Gasteiger partial charge on any atom is 0.312 e. The molecule has 3 nitrogen and oxygen atoms in total. The van der Waals surface area contributed by atoms with E-state index >= 15 is 0 Å². The van der Waals surface area contributed by atoms with Crippen LogP contribution in [0.3, 0.4) is 0 Å². The van der Waals surface area contributed by atoms with Gasteiger partial charge < -0.3 is 9.84 Å². The number of hydrogen-bond donors (Lipinski definition) is 1. The topological polar surface area (TPSA) is 46.5 Å². The zero-order chi connectivity index (χ0) is 11.7. The maximum absolute atomic E-state index is 11.5. The van der Waals surface area contributed by atoms with Crippen LogP contribution in [0.1, 0.15) is 36.0 Å². The molecule has 3 heteroatoms. The van der Waals surface area contributed by atoms with Crippen molar-refractivity contribution in [2.75, 3.05) is 7.11 Å². The van der Waals surface area contributed by atoms with Crippen LogP contribution in [0, 0.1) is 0 Å². The average Bonchev–Trinajstić information content (AvgIpc) is 2.77. The van der Waals surface area contributed by atoms with Gasteiger partial charge in [0.2, 0.25) is 0 Å². The number of fused-ring (bicyclic) bond motifs is 1. The summed E-state index contributed by atoms with van der Waals surface area (Å²) in [6, 6.07) is 3.51. The number of esters is 1. The molecule has 0 aromatic heterocycles. The van der Waals surface area contributed by atoms with Gasteiger partial charge in [-0.2, -0.15) is 0 Å². The van der Waals surface area contributed by atoms with E-state index in [-0.39, 0.29) is 11.9 Å². The summed E-state index contributed by atoms with van der Waals surface area (Å²) in [5.74, 6) is -0.120. The molecular weight excluding hydrogens is 204 g/mol. The first-order valence-corrected chi connectivity index (χ1v) is 5.56. The summed E-state index contributed by atoms with van der Waals surface area (Å²) < 4.78 is 4.75. The lowest BCUT2D eigenvalue weighted by Gasteiger charge is -2.14. The monoisotopic (exact) mass is 220 g/mol. The summed E-state index contributed by atoms with van der Waals surface area (Å²) in [4.78, 5) is 11.5. The molecule has 16 heavy (non-hydrogen) atoms. The fraction of sp³-hybridized carbons (Fsp3) is 0.462. The quantitative estimate of drug-likeness (QED) is 0.777. The van der Waals surface area contributed by atoms with Crippen molar-refractivity contribution in [1.29, 1.82) is 0 Å². The van der Waals surface area contributed by atoms with E-state index in [0.717, 1.165) is 36.0 Å². The van der Waals surface area contributed by atoms with E-state index in [1.165, 1.54) is 7.11 Å². The molecule has 1 atom stereocenters. The minimum atomic E-state index is -0.252. The Bertz CT molecular complexity index is 423. The van der Waals surface area contributed by atoms with E-state index < -0.39 is 0 Å². The Morgan fingerprint density at radius 3 is 2.75 bits per heavy atom. The molecule has 0 saturated carbocycles. The summed E-state index contributed by atoms with van der Waals surface area (Å²) in [5.41, 5.74) is 3.14. The zero-order valence-electron chi connectivity index (χ0n) is 9.62. The van der Waals surface area contributed by atoms with Crippen molar-refractivity contribution in [2.45, 2.75) is 32.1 Å². The normalized spacial score (nSPS) is 15.6. The molecule has 0 bridgehead atoms. The lowest BCUT2D eigenvalue weighted by atomic mass is 9.93. The van der Waals surface area contributed by atoms with Gasteiger partial charge in [0.25, 0.3) is 0 Å². The molecule has 1 aromatic rings. The van der Waals surface area contributed by atoms with Crippen LogP contribution in [0.5, 0.6) is 5.75 Å². The number of methoxy groups -OCH3 is 1. The standard InChI is InChI=1S/C13H16O3/c1-8(13(15)16-2)9-6-7-12(14)11-5-3-4-10(9)11/h6-8,14H,3-5H2,1-2H3. The highest BCUT2D eigenvalue weighted by Crippen LogP contribution is 2.35. The first kappa shape index (κ1) is 11.0. The molecule has 1 aromatic carbocycles. The molecule has 0 aliphatic heterocycles. The van der Waals surface area contributed by atoms with Crippen LogP contribution in [0.25, 0.3) is 0 Å². The Kier molecular flexibility index (Phi) is 2.86. The second-order valence-electron chi connectivity index (χ2n) is 4.23. The van der Waals surface area contributed by atoms with E-state index in [0.29, 0.717) is 5.75 Å². The number of rotatable bonds is 2. The number of phenolic OH excluding ortho intramolecular Hbond substituents is 1. The largest absolute Gasteiger partial charge is 0.508 e. The van der Waals surface area contributed by atoms with Crippen molar-refractivity contribution in [3.63, 3.8) is 0 Å². The highest BCUT2D eigenvalue weighted by molar-refractivity contribution is 5.78. The Morgan fingerprint density at radius 2 is 2.06 bits per heavy atom. The van der Waals surface area contributed by atoms with Crippen LogP contribution in [-0.2, 0) is 22.4 Å². The third-order valence-corrected chi connectivity index (χ3v) is 3.32. The van der Waals surface area contributed by atoms with Gasteiger partial charge in [0.05, 0.1) is 13.0 Å². The smallest absolute Gasteiger partial charge is 0.312 e. The molecule has 1 unspecified atom stereocenters. The fourth-order valence-corrected chi connectivity index (χ4v) is 2.42. The molecule has 0 spiro atoms. The summed E-state index contributed by atoms with van der Waals surface area (Å²) in [6.07, 6.45) is 2.90. The van der Waals surface area contributed by atoms with Gasteiger partial charge in [-0.3, -0.25) is 4.79 Å². The summed E-state index contributed by atoms with van der Waals surface area (Å²) in [7, 11) is 1.40. The highest BCUT2D eigenvalue weighted by Gasteiger charge is 2.24. The van der Waals surface area contributed by atoms with E-state index in [1.807, 2.05) is 13.0 Å². The van der Waals surface area contributed by atoms with E-state index in [4.69, 9.17) is 4.74 Å². The van der Waals surface area contributed by atoms with Crippen LogP contribution in [0.15, 0.2) is 12.1 Å². The first-order valence-electron chi connectivity index (χ1n) is 5.56. The number of ether oxygens (including phenoxy) is 1. The molecule has 0 amide bonds. The Hall–Kier alpha value is -1.51. The van der Waals surface area contributed by atoms with Crippen LogP contribution in [0.2, 0.25) is 0 Å². The van der Waals surface area contributed by atoms with E-state index in [1.54, 1.807) is 6.07 Å². The molecule has 1 N–H and O–H groups in total. The number of aromatic hydroxyl groups is 1. The molecule has 0 radical (unpaired) electrons. The third-order valence-electron chi connectivity index (χ3n) is 3.32. The van der Waals surface area contributed by atoms with Crippen LogP contribution in [0.4, 0.5) is 0 Å². The Balaban J connectivity index is 2.43. The van der Waals surface area contributed by atoms with Gasteiger partial charge in [0.15, 0.2) is 0 Å². The Morgan fingerprint density at radius 1 is 1.38 bits per heavy atom. The number of carbonyl (C=O) groups is 1. The van der Waals surface area contributed by atoms with Crippen LogP contribution in [-0.4, -0.2) is 18.2 Å². The second kappa shape index (κ2) is 4.16. The SMILES string of the molecule is COC(=O)C(C)c1ccc(O)c2c1CCC2. The van der Waals surface area contributed by atoms with E-state index in [9.17, 15) is 9.90 Å². The van der Waals surface area contributed by atoms with Crippen molar-refractivity contribution in [3.8, 4) is 5.75 Å². The lowest BCUT2D eigenvalue weighted by Crippen LogP contribution is -2.12. The van der Waals surface area contributed by atoms with Gasteiger partial charge in [-0.25, -0.2) is 0 Å². The van der Waals surface area contributed by atoms with Crippen molar-refractivity contribution in [2.24, 2.45) is 0 Å². The molecule has 86 valence electrons. The number of hydrogen-bond acceptors (Lipinski definition) is 3. The first-order chi connectivity index (χ1) is 7.65. The van der Waals surface area contributed by atoms with Gasteiger partial charge >= 0.3 is 5.97 Å². The van der Waals surface area contributed by atoms with E-state index in [2.05, 4.69) is 0 Å². The van der Waals surface area contributed by atoms with Crippen molar-refractivity contribution in [1.82, 2.24) is 0 Å². The van der Waals surface area contributed by atoms with Crippen molar-refractivity contribution in [3.05, 3.63) is 28.8 Å². The van der Waals surface area contributed by atoms with Gasteiger partial charge in [0.1, 0.15) is 5.75 Å². The predicted octanol–water partition coefficient (Wildman–Crippen LogP) is 2.16. The number of carbonyl (C=O) groups excluding carboxylic acids is 1. The molecule has 1 aliphatic rings. The molecule has 0 fully saturated rings. The minimum Gasteiger partial charge on any atom is -0.508 e. The summed E-state index contributed by atoms with van der Waals surface area (Å²) in [5, 5.41) is 9.72. The van der Waals surface area contributed by atoms with Crippen LogP contribution >= 0.6 is 0 Å². The fourth-order valence-electron chi connectivity index (χ4n) is 2.42. The zero-order valence-corrected chi connectivity index (χ0v) is 9.62. The molecule has 0 saturated heterocycles. The Labute approximate surface area is 95.0 Å². The predicted molar refractivity (Wildman–Crippen MR) is 60.6 cm³/mol. The average molecular weight is 220 g/mol. The summed E-state index contributed by atoms with van der Waals surface area (Å²) >= 11 is 0. The van der Waals surface area contributed by atoms with Crippen molar-refractivity contribution >= 4 is 5.97 Å². The molecule has 2 rings (SSSR count).